The van der Waals surface area contributed by atoms with Crippen molar-refractivity contribution >= 4 is 115 Å². The van der Waals surface area contributed by atoms with Crippen LogP contribution in [0.1, 0.15) is 213 Å². The van der Waals surface area contributed by atoms with E-state index in [0.717, 1.165) is 76.4 Å². The van der Waals surface area contributed by atoms with Crippen LogP contribution < -0.4 is 21.7 Å². The molecule has 30 heteroatoms. The number of hydrogen-bond acceptors (Lipinski definition) is 19. The molecule has 0 radical (unpaired) electrons. The minimum absolute atomic E-state index is 0.0482. The third kappa shape index (κ3) is 38.6. The van der Waals surface area contributed by atoms with Gasteiger partial charge in [0.1, 0.15) is 28.4 Å². The summed E-state index contributed by atoms with van der Waals surface area (Å²) in [6, 6.07) is 14.3. The molecule has 4 aromatic heterocycles. The number of aliphatic carboxylic acids is 1. The van der Waals surface area contributed by atoms with Gasteiger partial charge in [0, 0.05) is 39.8 Å². The molecule has 25 nitrogen and oxygen atoms in total. The van der Waals surface area contributed by atoms with E-state index in [-0.39, 0.29) is 46.8 Å². The van der Waals surface area contributed by atoms with Crippen LogP contribution in [0.15, 0.2) is 58.7 Å². The monoisotopic (exact) mass is 1480 g/mol. The van der Waals surface area contributed by atoms with Crippen LogP contribution in [0.3, 0.4) is 0 Å². The molecule has 4 saturated carbocycles. The van der Waals surface area contributed by atoms with E-state index in [0.29, 0.717) is 47.7 Å². The topological polar surface area (TPSA) is 338 Å². The Morgan fingerprint density at radius 3 is 1.18 bits per heavy atom. The zero-order chi connectivity index (χ0) is 71.8. The van der Waals surface area contributed by atoms with Gasteiger partial charge in [0.2, 0.25) is 11.8 Å². The number of rotatable bonds is 11. The van der Waals surface area contributed by atoms with Gasteiger partial charge in [0.25, 0.3) is 5.91 Å². The van der Waals surface area contributed by atoms with Crippen molar-refractivity contribution in [3.63, 3.8) is 0 Å². The molecule has 4 aliphatic carbocycles. The third-order valence-corrected chi connectivity index (χ3v) is 15.8. The summed E-state index contributed by atoms with van der Waals surface area (Å²) < 4.78 is 10.2. The van der Waals surface area contributed by atoms with Crippen molar-refractivity contribution in [2.45, 2.75) is 226 Å². The van der Waals surface area contributed by atoms with Gasteiger partial charge < -0.3 is 32.6 Å². The number of amides is 5. The number of carboxylic acids is 1. The molecule has 2 aliphatic heterocycles. The molecule has 4 aromatic rings. The Hall–Kier alpha value is -6.34. The zero-order valence-electron chi connectivity index (χ0n) is 57.8. The quantitative estimate of drug-likeness (QED) is 0.0529. The number of aromatic nitrogens is 8. The van der Waals surface area contributed by atoms with Crippen molar-refractivity contribution in [3.05, 3.63) is 77.7 Å². The average Bonchev–Trinajstić information content (AvgIpc) is 1.06. The van der Waals surface area contributed by atoms with Gasteiger partial charge in [0.05, 0.1) is 22.4 Å². The standard InChI is InChI=1S/C17H23N5O2.C16H25N3O2.C11H17N3.C9H12ClN3O2.C7H13.C6H8N2O3.CH2Cl2.ClH.Zn/c1-22-16(23)10-8-14(21-22)17(24)18-15-9-7-13(19-20-15)11-12-5-3-2-4-6-12;1-16(2,3)21-15(20)17-14-10-9-13(18-19-14)11-12-7-5-4-6-8-12;12-11-7-6-10(13-14-11)8-9-4-2-1-3-5-9;1-9(2,3)15-8(14)11-7-5-4-6(10)12-13-7;1-7-5-3-2-4-6-7;1-8-5(9)3-2-4(7-8)6(10)11;2-1-3;;/h7,9,12H,2-6,8,10-11H2,1H3,(H,18,20,24);9-10,12H,4-8,11H2,1-3H3,(H,17,19,20);6-7,9H,1-5,8H2,(H2,12,14);4-5H,1-3H3,(H,11,13,14);7H,1-6H2;2-3H2,1H3,(H,10,11);1H2;1H;/q;;;;-1;;;;+2/p-1. The number of nitrogen functional groups attached to an aromatic ring is 1. The molecule has 0 bridgehead atoms. The van der Waals surface area contributed by atoms with Crippen molar-refractivity contribution in [1.82, 2.24) is 50.8 Å². The Kier molecular flexibility index (Phi) is 41.0. The Bertz CT molecular complexity index is 3010. The number of carboxylic acid groups (broad SMARTS) is 1. The second-order valence-electron chi connectivity index (χ2n) is 26.2. The summed E-state index contributed by atoms with van der Waals surface area (Å²) in [6.45, 7) is 14.8. The molecule has 6 heterocycles. The first-order valence-electron chi connectivity index (χ1n) is 33.3. The number of anilines is 4. The van der Waals surface area contributed by atoms with Crippen molar-refractivity contribution in [2.75, 3.05) is 41.1 Å². The maximum atomic E-state index is 12.2. The first-order chi connectivity index (χ1) is 46.2. The molecule has 0 saturated heterocycles. The summed E-state index contributed by atoms with van der Waals surface area (Å²) in [7, 11) is 7.76. The number of alkyl halides is 2. The minimum atomic E-state index is -1.05. The fourth-order valence-corrected chi connectivity index (χ4v) is 10.9. The van der Waals surface area contributed by atoms with Crippen LogP contribution in [0.25, 0.3) is 0 Å². The van der Waals surface area contributed by atoms with E-state index in [2.05, 4.69) is 73.9 Å². The average molecular weight is 1480 g/mol. The predicted octanol–water partition coefficient (Wildman–Crippen LogP) is 14.9. The van der Waals surface area contributed by atoms with E-state index in [1.807, 2.05) is 45.0 Å². The van der Waals surface area contributed by atoms with Gasteiger partial charge in [-0.3, -0.25) is 25.0 Å². The fraction of sp³-hybridized carbons (Fsp3) is 0.627. The normalized spacial score (nSPS) is 16.8. The van der Waals surface area contributed by atoms with Gasteiger partial charge in [-0.2, -0.15) is 31.4 Å². The van der Waals surface area contributed by atoms with Gasteiger partial charge in [-0.25, -0.2) is 24.4 Å². The van der Waals surface area contributed by atoms with Crippen LogP contribution >= 0.6 is 44.5 Å². The second-order valence-corrected chi connectivity index (χ2v) is 27.4. The van der Waals surface area contributed by atoms with Gasteiger partial charge in [-0.15, -0.1) is 48.7 Å². The van der Waals surface area contributed by atoms with Crippen molar-refractivity contribution in [3.8, 4) is 0 Å². The Labute approximate surface area is 601 Å². The molecule has 0 spiro atoms. The number of carbonyl (C=O) groups excluding carboxylic acids is 5. The summed E-state index contributed by atoms with van der Waals surface area (Å²) in [6.07, 6.45) is 30.1. The summed E-state index contributed by atoms with van der Waals surface area (Å²) in [5.41, 5.74) is 7.88. The van der Waals surface area contributed by atoms with Crippen LogP contribution in [-0.4, -0.2) is 134 Å². The number of carbonyl (C=O) groups is 6. The van der Waals surface area contributed by atoms with E-state index in [4.69, 9.17) is 64.8 Å². The van der Waals surface area contributed by atoms with Crippen LogP contribution in [-0.2, 0) is 65.2 Å². The van der Waals surface area contributed by atoms with Crippen molar-refractivity contribution in [2.24, 2.45) is 33.9 Å². The number of halogens is 4. The van der Waals surface area contributed by atoms with E-state index in [1.54, 1.807) is 46.0 Å². The molecule has 0 atom stereocenters. The molecule has 0 unspecified atom stereocenters. The zero-order valence-corrected chi connectivity index (χ0v) is 63.8. The van der Waals surface area contributed by atoms with E-state index < -0.39 is 29.4 Å². The number of nitrogens with two attached hydrogens (primary N) is 1. The Morgan fingerprint density at radius 1 is 0.526 bits per heavy atom. The van der Waals surface area contributed by atoms with Gasteiger partial charge >= 0.3 is 45.2 Å². The Balaban J connectivity index is 0.000000309. The van der Waals surface area contributed by atoms with Gasteiger partial charge in [-0.1, -0.05) is 140 Å². The molecule has 6 N–H and O–H groups in total. The summed E-state index contributed by atoms with van der Waals surface area (Å²) in [5, 5.41) is 58.3. The molecule has 97 heavy (non-hydrogen) atoms. The first-order valence-corrected chi connectivity index (χ1v) is 38.7. The summed E-state index contributed by atoms with van der Waals surface area (Å²) in [4.78, 5) is 67.6. The second kappa shape index (κ2) is 46.8. The van der Waals surface area contributed by atoms with Crippen molar-refractivity contribution < 1.29 is 60.7 Å². The van der Waals surface area contributed by atoms with E-state index in [9.17, 15) is 28.8 Å². The van der Waals surface area contributed by atoms with Crippen molar-refractivity contribution in [1.29, 1.82) is 0 Å². The molecule has 0 aromatic carbocycles. The number of hydrazone groups is 2. The maximum absolute atomic E-state index is 12.2. The molecule has 10 rings (SSSR count). The SMILES string of the molecule is CC(C)(C)OC(=O)Nc1ccc(CC2CCCCC2)nn1.CC(C)(C)OC(=O)Nc1ccc(Cl)nn1.CN1N=C(C(=O)Nc2ccc(CC3CCCCC3)nn2)CCC1=O.CN1N=C(C(=O)O)CCC1=O.ClCCl.Nc1ccc(CC2CCCCC2)nn1.[CH2-]C1CCCCC1.[Cl][Zn+]. The van der Waals surface area contributed by atoms with Gasteiger partial charge in [-0.05, 0) is 127 Å². The molecule has 5 amide bonds. The fourth-order valence-electron chi connectivity index (χ4n) is 10.8. The number of nitrogens with zero attached hydrogens (tertiary/aromatic N) is 12. The molecular weight excluding hydrogens is 1380 g/mol. The number of ether oxygens (including phenoxy) is 2. The van der Waals surface area contributed by atoms with Crippen LogP contribution in [0, 0.1) is 30.6 Å². The van der Waals surface area contributed by atoms with E-state index >= 15 is 0 Å². The van der Waals surface area contributed by atoms with Crippen LogP contribution in [0.5, 0.6) is 0 Å². The first kappa shape index (κ1) is 84.9. The third-order valence-electron chi connectivity index (χ3n) is 15.6. The number of nitrogens with one attached hydrogen (secondary N) is 3. The molecule has 532 valence electrons. The number of hydrogen-bond donors (Lipinski definition) is 5. The summed E-state index contributed by atoms with van der Waals surface area (Å²) in [5.74, 6) is 3.09. The molecule has 6 aliphatic rings. The van der Waals surface area contributed by atoms with Crippen LogP contribution in [0.2, 0.25) is 5.15 Å². The van der Waals surface area contributed by atoms with Gasteiger partial charge in [0.15, 0.2) is 22.6 Å². The predicted molar refractivity (Wildman–Crippen MR) is 378 cm³/mol. The Morgan fingerprint density at radius 2 is 0.866 bits per heavy atom. The molecule has 4 fully saturated rings. The summed E-state index contributed by atoms with van der Waals surface area (Å²) >= 11 is 15.9. The van der Waals surface area contributed by atoms with E-state index in [1.165, 1.54) is 147 Å². The van der Waals surface area contributed by atoms with Crippen LogP contribution in [0.4, 0.5) is 32.9 Å². The molecular formula is C67H100Cl4N16O9Zn.